The first kappa shape index (κ1) is 14.3. The third-order valence-corrected chi connectivity index (χ3v) is 3.82. The number of primary amides is 1. The molecule has 0 spiro atoms. The van der Waals surface area contributed by atoms with Gasteiger partial charge in [-0.2, -0.15) is 0 Å². The van der Waals surface area contributed by atoms with Gasteiger partial charge in [0.2, 0.25) is 5.91 Å². The second-order valence-electron chi connectivity index (χ2n) is 5.06. The fraction of sp³-hybridized carbons (Fsp3) is 0.500. The van der Waals surface area contributed by atoms with E-state index in [1.807, 2.05) is 6.07 Å². The van der Waals surface area contributed by atoms with Crippen LogP contribution in [-0.4, -0.2) is 37.0 Å². The van der Waals surface area contributed by atoms with Crippen LogP contribution in [0, 0.1) is 0 Å². The summed E-state index contributed by atoms with van der Waals surface area (Å²) < 4.78 is 0. The van der Waals surface area contributed by atoms with E-state index in [-0.39, 0.29) is 0 Å². The average molecular weight is 282 g/mol. The van der Waals surface area contributed by atoms with Crippen LogP contribution in [0.1, 0.15) is 28.8 Å². The first-order valence-electron chi connectivity index (χ1n) is 6.57. The van der Waals surface area contributed by atoms with Gasteiger partial charge >= 0.3 is 0 Å². The molecule has 5 heteroatoms. The van der Waals surface area contributed by atoms with E-state index >= 15 is 0 Å². The van der Waals surface area contributed by atoms with Crippen LogP contribution in [0.25, 0.3) is 0 Å². The molecule has 0 saturated heterocycles. The number of carbonyl (C=O) groups excluding carboxylic acids is 1. The summed E-state index contributed by atoms with van der Waals surface area (Å²) in [6.07, 6.45) is 2.66. The Morgan fingerprint density at radius 2 is 2.26 bits per heavy atom. The highest BCUT2D eigenvalue weighted by Gasteiger charge is 2.25. The van der Waals surface area contributed by atoms with Crippen LogP contribution < -0.4 is 11.1 Å². The van der Waals surface area contributed by atoms with E-state index in [2.05, 4.69) is 17.3 Å². The highest BCUT2D eigenvalue weighted by atomic mass is 35.5. The molecule has 2 rings (SSSR count). The molecular weight excluding hydrogens is 262 g/mol. The fourth-order valence-electron chi connectivity index (χ4n) is 2.02. The molecule has 1 amide bonds. The second kappa shape index (κ2) is 6.37. The summed E-state index contributed by atoms with van der Waals surface area (Å²) in [5.74, 6) is -0.451. The average Bonchev–Trinajstić information content (AvgIpc) is 3.19. The van der Waals surface area contributed by atoms with E-state index in [9.17, 15) is 4.79 Å². The highest BCUT2D eigenvalue weighted by molar-refractivity contribution is 6.31. The van der Waals surface area contributed by atoms with Crippen molar-refractivity contribution < 1.29 is 4.79 Å². The molecule has 104 valence electrons. The molecule has 0 aromatic heterocycles. The molecule has 1 saturated carbocycles. The molecule has 1 aliphatic rings. The van der Waals surface area contributed by atoms with Crippen LogP contribution in [0.5, 0.6) is 0 Å². The van der Waals surface area contributed by atoms with Gasteiger partial charge in [-0.1, -0.05) is 17.7 Å². The molecule has 4 nitrogen and oxygen atoms in total. The van der Waals surface area contributed by atoms with E-state index in [0.29, 0.717) is 17.1 Å². The van der Waals surface area contributed by atoms with Crippen molar-refractivity contribution in [2.24, 2.45) is 5.73 Å². The highest BCUT2D eigenvalue weighted by Crippen LogP contribution is 2.24. The third kappa shape index (κ3) is 4.20. The van der Waals surface area contributed by atoms with Crippen LogP contribution >= 0.6 is 11.6 Å². The van der Waals surface area contributed by atoms with Gasteiger partial charge in [-0.3, -0.25) is 4.79 Å². The van der Waals surface area contributed by atoms with Crippen molar-refractivity contribution >= 4 is 17.5 Å². The number of carbonyl (C=O) groups is 1. The molecule has 3 N–H and O–H groups in total. The van der Waals surface area contributed by atoms with Crippen LogP contribution in [0.4, 0.5) is 0 Å². The number of hydrogen-bond donors (Lipinski definition) is 2. The molecule has 19 heavy (non-hydrogen) atoms. The standard InChI is InChI=1S/C14H20ClN3O/c1-18(12-4-5-12)7-6-17-9-11-3-2-10(14(16)19)8-13(11)15/h2-3,8,12,17H,4-7,9H2,1H3,(H2,16,19). The van der Waals surface area contributed by atoms with Gasteiger partial charge in [-0.25, -0.2) is 0 Å². The molecule has 0 radical (unpaired) electrons. The second-order valence-corrected chi connectivity index (χ2v) is 5.47. The minimum absolute atomic E-state index is 0.446. The quantitative estimate of drug-likeness (QED) is 0.747. The van der Waals surface area contributed by atoms with E-state index in [0.717, 1.165) is 24.7 Å². The molecule has 0 unspecified atom stereocenters. The van der Waals surface area contributed by atoms with E-state index < -0.39 is 5.91 Å². The molecule has 1 aromatic carbocycles. The van der Waals surface area contributed by atoms with Crippen LogP contribution in [0.3, 0.4) is 0 Å². The first-order chi connectivity index (χ1) is 9.08. The Morgan fingerprint density at radius 3 is 2.84 bits per heavy atom. The Labute approximate surface area is 118 Å². The number of hydrogen-bond acceptors (Lipinski definition) is 3. The summed E-state index contributed by atoms with van der Waals surface area (Å²) in [6, 6.07) is 5.97. The number of benzene rings is 1. The fourth-order valence-corrected chi connectivity index (χ4v) is 2.27. The molecule has 1 aromatic rings. The zero-order valence-corrected chi connectivity index (χ0v) is 11.9. The summed E-state index contributed by atoms with van der Waals surface area (Å²) in [5.41, 5.74) is 6.64. The lowest BCUT2D eigenvalue weighted by Crippen LogP contribution is -2.30. The van der Waals surface area contributed by atoms with Gasteiger partial charge < -0.3 is 16.0 Å². The molecule has 0 heterocycles. The van der Waals surface area contributed by atoms with Gasteiger partial charge in [-0.15, -0.1) is 0 Å². The molecular formula is C14H20ClN3O. The Morgan fingerprint density at radius 1 is 1.53 bits per heavy atom. The minimum Gasteiger partial charge on any atom is -0.366 e. The van der Waals surface area contributed by atoms with Crippen LogP contribution in [-0.2, 0) is 6.54 Å². The van der Waals surface area contributed by atoms with Gasteiger partial charge in [-0.05, 0) is 37.6 Å². The first-order valence-corrected chi connectivity index (χ1v) is 6.95. The molecule has 0 atom stereocenters. The van der Waals surface area contributed by atoms with Crippen molar-refractivity contribution in [3.63, 3.8) is 0 Å². The molecule has 1 fully saturated rings. The van der Waals surface area contributed by atoms with Crippen molar-refractivity contribution in [1.82, 2.24) is 10.2 Å². The van der Waals surface area contributed by atoms with Gasteiger partial charge in [0.1, 0.15) is 0 Å². The lowest BCUT2D eigenvalue weighted by Gasteiger charge is -2.16. The van der Waals surface area contributed by atoms with Gasteiger partial charge in [0.05, 0.1) is 0 Å². The maximum atomic E-state index is 11.0. The normalized spacial score (nSPS) is 14.9. The third-order valence-electron chi connectivity index (χ3n) is 3.46. The van der Waals surface area contributed by atoms with Crippen LogP contribution in [0.2, 0.25) is 5.02 Å². The van der Waals surface area contributed by atoms with Gasteiger partial charge in [0, 0.05) is 36.3 Å². The molecule has 1 aliphatic carbocycles. The maximum absolute atomic E-state index is 11.0. The van der Waals surface area contributed by atoms with Crippen molar-refractivity contribution in [2.75, 3.05) is 20.1 Å². The zero-order valence-electron chi connectivity index (χ0n) is 11.2. The zero-order chi connectivity index (χ0) is 13.8. The monoisotopic (exact) mass is 281 g/mol. The summed E-state index contributed by atoms with van der Waals surface area (Å²) in [4.78, 5) is 13.4. The Kier molecular flexibility index (Phi) is 4.80. The number of rotatable bonds is 7. The van der Waals surface area contributed by atoms with Gasteiger partial charge in [0.25, 0.3) is 0 Å². The molecule has 0 bridgehead atoms. The summed E-state index contributed by atoms with van der Waals surface area (Å²) in [6.45, 7) is 2.68. The lowest BCUT2D eigenvalue weighted by atomic mass is 10.1. The molecule has 0 aliphatic heterocycles. The number of nitrogens with two attached hydrogens (primary N) is 1. The maximum Gasteiger partial charge on any atom is 0.248 e. The Hall–Kier alpha value is -1.10. The van der Waals surface area contributed by atoms with Gasteiger partial charge in [0.15, 0.2) is 0 Å². The van der Waals surface area contributed by atoms with E-state index in [4.69, 9.17) is 17.3 Å². The smallest absolute Gasteiger partial charge is 0.248 e. The van der Waals surface area contributed by atoms with E-state index in [1.54, 1.807) is 12.1 Å². The summed E-state index contributed by atoms with van der Waals surface area (Å²) >= 11 is 6.12. The van der Waals surface area contributed by atoms with E-state index in [1.165, 1.54) is 12.8 Å². The number of halogens is 1. The Bertz CT molecular complexity index is 460. The van der Waals surface area contributed by atoms with Crippen molar-refractivity contribution in [3.8, 4) is 0 Å². The SMILES string of the molecule is CN(CCNCc1ccc(C(N)=O)cc1Cl)C1CC1. The van der Waals surface area contributed by atoms with Crippen molar-refractivity contribution in [3.05, 3.63) is 34.3 Å². The number of nitrogens with one attached hydrogen (secondary N) is 1. The largest absolute Gasteiger partial charge is 0.366 e. The topological polar surface area (TPSA) is 58.4 Å². The van der Waals surface area contributed by atoms with Crippen LogP contribution in [0.15, 0.2) is 18.2 Å². The lowest BCUT2D eigenvalue weighted by molar-refractivity contribution is 0.100. The van der Waals surface area contributed by atoms with Crippen molar-refractivity contribution in [1.29, 1.82) is 0 Å². The minimum atomic E-state index is -0.451. The van der Waals surface area contributed by atoms with Crippen molar-refractivity contribution in [2.45, 2.75) is 25.4 Å². The Balaban J connectivity index is 1.77. The summed E-state index contributed by atoms with van der Waals surface area (Å²) in [7, 11) is 2.16. The number of likely N-dealkylation sites (N-methyl/N-ethyl adjacent to an activating group) is 1. The summed E-state index contributed by atoms with van der Waals surface area (Å²) in [5, 5.41) is 3.95. The predicted octanol–water partition coefficient (Wildman–Crippen LogP) is 1.62. The number of amides is 1. The predicted molar refractivity (Wildman–Crippen MR) is 77.3 cm³/mol. The number of nitrogens with zero attached hydrogens (tertiary/aromatic N) is 1.